The zero-order valence-corrected chi connectivity index (χ0v) is 14.0. The van der Waals surface area contributed by atoms with E-state index in [1.165, 1.54) is 11.3 Å². The Labute approximate surface area is 143 Å². The number of anilines is 1. The van der Waals surface area contributed by atoms with Gasteiger partial charge in [0.15, 0.2) is 0 Å². The molecule has 1 aromatic carbocycles. The smallest absolute Gasteiger partial charge is 0.339 e. The quantitative estimate of drug-likeness (QED) is 0.794. The third-order valence-electron chi connectivity index (χ3n) is 3.95. The van der Waals surface area contributed by atoms with E-state index in [0.717, 1.165) is 42.5 Å². The standard InChI is InChI=1S/C17H16ClNO3S/c18-11-6-4-5-10(9-11)15(20)19-16-14(17(21)22)12-7-2-1-3-8-13(12)23-16/h4-6,9H,1-3,7-8H2,(H,19,20)(H,21,22). The van der Waals surface area contributed by atoms with E-state index in [2.05, 4.69) is 5.32 Å². The lowest BCUT2D eigenvalue weighted by molar-refractivity contribution is 0.0697. The highest BCUT2D eigenvalue weighted by Crippen LogP contribution is 2.37. The predicted molar refractivity (Wildman–Crippen MR) is 91.9 cm³/mol. The number of hydrogen-bond acceptors (Lipinski definition) is 3. The number of hydrogen-bond donors (Lipinski definition) is 2. The van der Waals surface area contributed by atoms with Gasteiger partial charge in [-0.25, -0.2) is 4.79 Å². The Balaban J connectivity index is 1.93. The maximum Gasteiger partial charge on any atom is 0.339 e. The van der Waals surface area contributed by atoms with E-state index in [9.17, 15) is 14.7 Å². The molecule has 0 atom stereocenters. The van der Waals surface area contributed by atoms with Crippen LogP contribution in [-0.4, -0.2) is 17.0 Å². The van der Waals surface area contributed by atoms with Crippen molar-refractivity contribution in [3.05, 3.63) is 50.9 Å². The van der Waals surface area contributed by atoms with Crippen LogP contribution in [0.25, 0.3) is 0 Å². The molecule has 2 N–H and O–H groups in total. The number of carbonyl (C=O) groups is 2. The summed E-state index contributed by atoms with van der Waals surface area (Å²) in [4.78, 5) is 25.1. The van der Waals surface area contributed by atoms with Crippen LogP contribution in [0.4, 0.5) is 5.00 Å². The van der Waals surface area contributed by atoms with Crippen molar-refractivity contribution in [2.45, 2.75) is 32.1 Å². The molecule has 4 nitrogen and oxygen atoms in total. The Hall–Kier alpha value is -1.85. The Morgan fingerprint density at radius 3 is 2.70 bits per heavy atom. The molecule has 1 aliphatic rings. The summed E-state index contributed by atoms with van der Waals surface area (Å²) in [5.41, 5.74) is 1.56. The molecule has 0 saturated heterocycles. The van der Waals surface area contributed by atoms with E-state index < -0.39 is 5.97 Å². The second-order valence-corrected chi connectivity index (χ2v) is 7.08. The molecule has 0 aliphatic heterocycles. The molecule has 1 amide bonds. The van der Waals surface area contributed by atoms with Gasteiger partial charge >= 0.3 is 5.97 Å². The minimum Gasteiger partial charge on any atom is -0.478 e. The fourth-order valence-corrected chi connectivity index (χ4v) is 4.33. The van der Waals surface area contributed by atoms with Gasteiger partial charge in [0.25, 0.3) is 5.91 Å². The number of nitrogens with one attached hydrogen (secondary N) is 1. The molecule has 23 heavy (non-hydrogen) atoms. The van der Waals surface area contributed by atoms with Crippen LogP contribution in [0.2, 0.25) is 5.02 Å². The Kier molecular flexibility index (Phi) is 4.68. The van der Waals surface area contributed by atoms with Crippen LogP contribution in [0.3, 0.4) is 0 Å². The van der Waals surface area contributed by atoms with E-state index in [1.54, 1.807) is 24.3 Å². The van der Waals surface area contributed by atoms with Crippen molar-refractivity contribution in [3.63, 3.8) is 0 Å². The van der Waals surface area contributed by atoms with Crippen molar-refractivity contribution >= 4 is 39.8 Å². The van der Waals surface area contributed by atoms with Crippen LogP contribution in [0.15, 0.2) is 24.3 Å². The normalized spacial score (nSPS) is 14.0. The van der Waals surface area contributed by atoms with Gasteiger partial charge in [-0.15, -0.1) is 11.3 Å². The van der Waals surface area contributed by atoms with Gasteiger partial charge in [-0.3, -0.25) is 4.79 Å². The summed E-state index contributed by atoms with van der Waals surface area (Å²) in [6.07, 6.45) is 4.82. The molecule has 2 aromatic rings. The van der Waals surface area contributed by atoms with Gasteiger partial charge < -0.3 is 10.4 Å². The van der Waals surface area contributed by atoms with Crippen LogP contribution in [0.1, 0.15) is 50.4 Å². The van der Waals surface area contributed by atoms with E-state index in [0.29, 0.717) is 15.6 Å². The highest BCUT2D eigenvalue weighted by atomic mass is 35.5. The molecule has 0 unspecified atom stereocenters. The number of aryl methyl sites for hydroxylation is 1. The highest BCUT2D eigenvalue weighted by molar-refractivity contribution is 7.17. The van der Waals surface area contributed by atoms with Gasteiger partial charge in [0.2, 0.25) is 0 Å². The molecule has 0 fully saturated rings. The number of rotatable bonds is 3. The fourth-order valence-electron chi connectivity index (χ4n) is 2.86. The summed E-state index contributed by atoms with van der Waals surface area (Å²) in [6, 6.07) is 6.60. The molecular weight excluding hydrogens is 334 g/mol. The SMILES string of the molecule is O=C(Nc1sc2c(c1C(=O)O)CCCCC2)c1cccc(Cl)c1. The number of halogens is 1. The van der Waals surface area contributed by atoms with E-state index >= 15 is 0 Å². The molecule has 0 spiro atoms. The Morgan fingerprint density at radius 2 is 1.96 bits per heavy atom. The van der Waals surface area contributed by atoms with Gasteiger partial charge in [0, 0.05) is 15.5 Å². The van der Waals surface area contributed by atoms with Crippen molar-refractivity contribution < 1.29 is 14.7 Å². The summed E-state index contributed by atoms with van der Waals surface area (Å²) in [5.74, 6) is -1.32. The number of amides is 1. The molecule has 6 heteroatoms. The van der Waals surface area contributed by atoms with Crippen molar-refractivity contribution in [1.82, 2.24) is 0 Å². The zero-order valence-electron chi connectivity index (χ0n) is 12.4. The molecule has 1 heterocycles. The number of carbonyl (C=O) groups excluding carboxylic acids is 1. The lowest BCUT2D eigenvalue weighted by atomic mass is 10.1. The first-order valence-corrected chi connectivity index (χ1v) is 8.70. The summed E-state index contributed by atoms with van der Waals surface area (Å²) in [7, 11) is 0. The lowest BCUT2D eigenvalue weighted by Crippen LogP contribution is -2.13. The molecule has 1 aliphatic carbocycles. The second-order valence-electron chi connectivity index (χ2n) is 5.54. The topological polar surface area (TPSA) is 66.4 Å². The lowest BCUT2D eigenvalue weighted by Gasteiger charge is -2.06. The molecule has 0 radical (unpaired) electrons. The third-order valence-corrected chi connectivity index (χ3v) is 5.39. The summed E-state index contributed by atoms with van der Waals surface area (Å²) >= 11 is 7.29. The molecule has 0 bridgehead atoms. The van der Waals surface area contributed by atoms with Crippen LogP contribution >= 0.6 is 22.9 Å². The van der Waals surface area contributed by atoms with Crippen molar-refractivity contribution in [2.75, 3.05) is 5.32 Å². The molecule has 120 valence electrons. The average Bonchev–Trinajstić information content (AvgIpc) is 2.69. The fraction of sp³-hybridized carbons (Fsp3) is 0.294. The van der Waals surface area contributed by atoms with Gasteiger partial charge in [0.1, 0.15) is 5.00 Å². The van der Waals surface area contributed by atoms with Crippen LogP contribution < -0.4 is 5.32 Å². The molecule has 1 aromatic heterocycles. The summed E-state index contributed by atoms with van der Waals surface area (Å²) in [6.45, 7) is 0. The number of aromatic carboxylic acids is 1. The molecule has 0 saturated carbocycles. The highest BCUT2D eigenvalue weighted by Gasteiger charge is 2.25. The first-order valence-electron chi connectivity index (χ1n) is 7.51. The maximum atomic E-state index is 12.4. The summed E-state index contributed by atoms with van der Waals surface area (Å²) in [5, 5.41) is 13.2. The third kappa shape index (κ3) is 3.41. The van der Waals surface area contributed by atoms with Crippen LogP contribution in [-0.2, 0) is 12.8 Å². The maximum absolute atomic E-state index is 12.4. The Morgan fingerprint density at radius 1 is 1.17 bits per heavy atom. The van der Waals surface area contributed by atoms with Gasteiger partial charge in [0.05, 0.1) is 5.56 Å². The number of carboxylic acid groups (broad SMARTS) is 1. The van der Waals surface area contributed by atoms with Crippen LogP contribution in [0, 0.1) is 0 Å². The zero-order chi connectivity index (χ0) is 16.4. The second kappa shape index (κ2) is 6.72. The predicted octanol–water partition coefficient (Wildman–Crippen LogP) is 4.62. The van der Waals surface area contributed by atoms with E-state index in [1.807, 2.05) is 0 Å². The minimum absolute atomic E-state index is 0.252. The first-order chi connectivity index (χ1) is 11.1. The monoisotopic (exact) mass is 349 g/mol. The van der Waals surface area contributed by atoms with Crippen molar-refractivity contribution in [1.29, 1.82) is 0 Å². The first kappa shape index (κ1) is 16.0. The number of carboxylic acids is 1. The average molecular weight is 350 g/mol. The van der Waals surface area contributed by atoms with Crippen molar-refractivity contribution in [3.8, 4) is 0 Å². The van der Waals surface area contributed by atoms with Gasteiger partial charge in [-0.05, 0) is 49.4 Å². The van der Waals surface area contributed by atoms with Gasteiger partial charge in [-0.2, -0.15) is 0 Å². The molecule has 3 rings (SSSR count). The number of fused-ring (bicyclic) bond motifs is 1. The largest absolute Gasteiger partial charge is 0.478 e. The molecular formula is C17H16ClNO3S. The van der Waals surface area contributed by atoms with Crippen LogP contribution in [0.5, 0.6) is 0 Å². The van der Waals surface area contributed by atoms with Gasteiger partial charge in [-0.1, -0.05) is 24.1 Å². The summed E-state index contributed by atoms with van der Waals surface area (Å²) < 4.78 is 0. The number of benzene rings is 1. The Bertz CT molecular complexity index is 769. The van der Waals surface area contributed by atoms with E-state index in [4.69, 9.17) is 11.6 Å². The minimum atomic E-state index is -0.981. The van der Waals surface area contributed by atoms with E-state index in [-0.39, 0.29) is 11.5 Å². The number of thiophene rings is 1. The van der Waals surface area contributed by atoms with Crippen molar-refractivity contribution in [2.24, 2.45) is 0 Å².